The van der Waals surface area contributed by atoms with Crippen molar-refractivity contribution in [1.29, 1.82) is 0 Å². The molecule has 5 heteroatoms. The highest BCUT2D eigenvalue weighted by Gasteiger charge is 2.29. The number of ether oxygens (including phenoxy) is 2. The Labute approximate surface area is 122 Å². The fraction of sp³-hybridized carbons (Fsp3) is 1.00. The molecule has 0 spiro atoms. The fourth-order valence-electron chi connectivity index (χ4n) is 3.04. The molecule has 0 aromatic carbocycles. The Hall–Kier alpha value is -0.200. The van der Waals surface area contributed by atoms with Crippen LogP contribution in [0.3, 0.4) is 0 Å². The van der Waals surface area contributed by atoms with Crippen LogP contribution in [0.1, 0.15) is 26.2 Å². The second-order valence-electron chi connectivity index (χ2n) is 5.93. The molecule has 2 saturated heterocycles. The van der Waals surface area contributed by atoms with Crippen LogP contribution in [0.2, 0.25) is 0 Å². The number of unbranched alkanes of at least 4 members (excludes halogenated alkanes) is 1. The van der Waals surface area contributed by atoms with Crippen LogP contribution in [0, 0.1) is 0 Å². The first kappa shape index (κ1) is 16.2. The van der Waals surface area contributed by atoms with E-state index in [1.54, 1.807) is 0 Å². The van der Waals surface area contributed by atoms with Crippen molar-refractivity contribution in [3.8, 4) is 0 Å². The summed E-state index contributed by atoms with van der Waals surface area (Å²) in [5.41, 5.74) is 0. The molecule has 2 atom stereocenters. The van der Waals surface area contributed by atoms with Crippen molar-refractivity contribution >= 4 is 0 Å². The Morgan fingerprint density at radius 2 is 2.10 bits per heavy atom. The zero-order valence-corrected chi connectivity index (χ0v) is 12.8. The second kappa shape index (κ2) is 8.95. The van der Waals surface area contributed by atoms with Gasteiger partial charge in [0.05, 0.1) is 25.9 Å². The molecule has 2 unspecified atom stereocenters. The summed E-state index contributed by atoms with van der Waals surface area (Å²) in [6, 6.07) is 0.645. The van der Waals surface area contributed by atoms with Gasteiger partial charge in [-0.15, -0.1) is 0 Å². The van der Waals surface area contributed by atoms with E-state index < -0.39 is 0 Å². The number of morpholine rings is 1. The molecule has 0 bridgehead atoms. The maximum absolute atomic E-state index is 10.0. The molecule has 2 heterocycles. The van der Waals surface area contributed by atoms with Crippen molar-refractivity contribution < 1.29 is 14.6 Å². The van der Waals surface area contributed by atoms with Crippen molar-refractivity contribution in [1.82, 2.24) is 9.80 Å². The quantitative estimate of drug-likeness (QED) is 0.661. The average Bonchev–Trinajstić information content (AvgIpc) is 2.93. The third kappa shape index (κ3) is 5.30. The second-order valence-corrected chi connectivity index (χ2v) is 5.93. The van der Waals surface area contributed by atoms with Crippen molar-refractivity contribution in [2.45, 2.75) is 38.3 Å². The maximum atomic E-state index is 10.0. The number of likely N-dealkylation sites (tertiary alicyclic amines) is 1. The van der Waals surface area contributed by atoms with Crippen molar-refractivity contribution in [3.63, 3.8) is 0 Å². The predicted molar refractivity (Wildman–Crippen MR) is 79.0 cm³/mol. The lowest BCUT2D eigenvalue weighted by Crippen LogP contribution is -2.45. The minimum absolute atomic E-state index is 0.352. The molecule has 0 radical (unpaired) electrons. The number of hydrogen-bond acceptors (Lipinski definition) is 5. The molecule has 0 amide bonds. The van der Waals surface area contributed by atoms with Crippen LogP contribution in [-0.2, 0) is 9.47 Å². The van der Waals surface area contributed by atoms with Crippen LogP contribution in [0.5, 0.6) is 0 Å². The number of aliphatic hydroxyl groups is 1. The normalized spacial score (nSPS) is 27.0. The van der Waals surface area contributed by atoms with Crippen molar-refractivity contribution in [3.05, 3.63) is 0 Å². The fourth-order valence-corrected chi connectivity index (χ4v) is 3.04. The van der Waals surface area contributed by atoms with Crippen LogP contribution in [-0.4, -0.2) is 86.2 Å². The van der Waals surface area contributed by atoms with Gasteiger partial charge in [-0.2, -0.15) is 0 Å². The van der Waals surface area contributed by atoms with E-state index in [0.29, 0.717) is 12.6 Å². The molecule has 0 aliphatic carbocycles. The molecule has 2 fully saturated rings. The van der Waals surface area contributed by atoms with Crippen molar-refractivity contribution in [2.75, 3.05) is 59.2 Å². The summed E-state index contributed by atoms with van der Waals surface area (Å²) in [6.07, 6.45) is 3.08. The number of aliphatic hydroxyl groups excluding tert-OH is 1. The molecule has 0 saturated carbocycles. The summed E-state index contributed by atoms with van der Waals surface area (Å²) in [5.74, 6) is 0. The Balaban J connectivity index is 1.60. The van der Waals surface area contributed by atoms with Crippen molar-refractivity contribution in [2.24, 2.45) is 0 Å². The van der Waals surface area contributed by atoms with Gasteiger partial charge < -0.3 is 14.6 Å². The lowest BCUT2D eigenvalue weighted by Gasteiger charge is -2.32. The van der Waals surface area contributed by atoms with E-state index in [4.69, 9.17) is 9.47 Å². The molecule has 2 rings (SSSR count). The Bertz CT molecular complexity index is 260. The molecule has 1 N–H and O–H groups in total. The minimum Gasteiger partial charge on any atom is -0.389 e. The van der Waals surface area contributed by atoms with Gasteiger partial charge in [0.15, 0.2) is 0 Å². The molecular formula is C15H30N2O3. The molecule has 0 aromatic rings. The number of nitrogens with zero attached hydrogens (tertiary/aromatic N) is 2. The first-order chi connectivity index (χ1) is 9.79. The smallest absolute Gasteiger partial charge is 0.0900 e. The Morgan fingerprint density at radius 1 is 1.30 bits per heavy atom. The van der Waals surface area contributed by atoms with Gasteiger partial charge in [0.2, 0.25) is 0 Å². The number of hydrogen-bond donors (Lipinski definition) is 1. The van der Waals surface area contributed by atoms with Gasteiger partial charge in [0.1, 0.15) is 0 Å². The zero-order valence-electron chi connectivity index (χ0n) is 12.8. The predicted octanol–water partition coefficient (Wildman–Crippen LogP) is 0.571. The molecule has 118 valence electrons. The zero-order chi connectivity index (χ0) is 14.2. The molecular weight excluding hydrogens is 256 g/mol. The van der Waals surface area contributed by atoms with Crippen LogP contribution in [0.15, 0.2) is 0 Å². The monoisotopic (exact) mass is 286 g/mol. The van der Waals surface area contributed by atoms with Gasteiger partial charge >= 0.3 is 0 Å². The van der Waals surface area contributed by atoms with Gasteiger partial charge in [-0.3, -0.25) is 9.80 Å². The van der Waals surface area contributed by atoms with E-state index in [9.17, 15) is 5.11 Å². The largest absolute Gasteiger partial charge is 0.389 e. The highest BCUT2D eigenvalue weighted by atomic mass is 16.5. The lowest BCUT2D eigenvalue weighted by atomic mass is 10.2. The van der Waals surface area contributed by atoms with E-state index >= 15 is 0 Å². The Kier molecular flexibility index (Phi) is 7.24. The summed E-state index contributed by atoms with van der Waals surface area (Å²) >= 11 is 0. The third-order valence-corrected chi connectivity index (χ3v) is 4.23. The van der Waals surface area contributed by atoms with Crippen LogP contribution >= 0.6 is 0 Å². The van der Waals surface area contributed by atoms with Crippen LogP contribution < -0.4 is 0 Å². The first-order valence-electron chi connectivity index (χ1n) is 8.09. The van der Waals surface area contributed by atoms with E-state index in [1.165, 1.54) is 6.42 Å². The van der Waals surface area contributed by atoms with Gasteiger partial charge in [-0.1, -0.05) is 13.3 Å². The van der Waals surface area contributed by atoms with E-state index in [-0.39, 0.29) is 6.10 Å². The highest BCUT2D eigenvalue weighted by Crippen LogP contribution is 2.17. The standard InChI is InChI=1S/C15H30N2O3/c1-2-3-8-20-13-15(18)12-16-5-4-14(11-16)17-6-9-19-10-7-17/h14-15,18H,2-13H2,1H3. The summed E-state index contributed by atoms with van der Waals surface area (Å²) in [7, 11) is 0. The van der Waals surface area contributed by atoms with Crippen LogP contribution in [0.25, 0.3) is 0 Å². The molecule has 2 aliphatic rings. The van der Waals surface area contributed by atoms with Crippen LogP contribution in [0.4, 0.5) is 0 Å². The summed E-state index contributed by atoms with van der Waals surface area (Å²) < 4.78 is 10.9. The molecule has 2 aliphatic heterocycles. The van der Waals surface area contributed by atoms with Gasteiger partial charge in [0.25, 0.3) is 0 Å². The lowest BCUT2D eigenvalue weighted by molar-refractivity contribution is 0.00942. The third-order valence-electron chi connectivity index (χ3n) is 4.23. The first-order valence-corrected chi connectivity index (χ1v) is 8.09. The molecule has 0 aromatic heterocycles. The van der Waals surface area contributed by atoms with E-state index in [1.807, 2.05) is 0 Å². The summed E-state index contributed by atoms with van der Waals surface area (Å²) in [5, 5.41) is 10.0. The topological polar surface area (TPSA) is 45.2 Å². The summed E-state index contributed by atoms with van der Waals surface area (Å²) in [4.78, 5) is 4.90. The number of rotatable bonds is 8. The number of β-amino-alcohol motifs (C(OH)–C–C–N with tert-alkyl or cyclic N) is 1. The van der Waals surface area contributed by atoms with Gasteiger partial charge in [0, 0.05) is 38.8 Å². The highest BCUT2D eigenvalue weighted by molar-refractivity contribution is 4.85. The average molecular weight is 286 g/mol. The molecule has 20 heavy (non-hydrogen) atoms. The van der Waals surface area contributed by atoms with E-state index in [2.05, 4.69) is 16.7 Å². The maximum Gasteiger partial charge on any atom is 0.0900 e. The minimum atomic E-state index is -0.352. The molecule has 5 nitrogen and oxygen atoms in total. The van der Waals surface area contributed by atoms with Gasteiger partial charge in [-0.05, 0) is 19.4 Å². The summed E-state index contributed by atoms with van der Waals surface area (Å²) in [6.45, 7) is 10.1. The Morgan fingerprint density at radius 3 is 2.85 bits per heavy atom. The SMILES string of the molecule is CCCCOCC(O)CN1CCC(N2CCOCC2)C1. The van der Waals surface area contributed by atoms with E-state index in [0.717, 1.165) is 65.4 Å². The van der Waals surface area contributed by atoms with Gasteiger partial charge in [-0.25, -0.2) is 0 Å².